The number of nitrogens with one attached hydrogen (secondary N) is 1. The van der Waals surface area contributed by atoms with Crippen molar-refractivity contribution >= 4 is 12.0 Å². The Morgan fingerprint density at radius 2 is 2.16 bits per heavy atom. The molecule has 0 atom stereocenters. The second kappa shape index (κ2) is 5.73. The molecule has 0 aliphatic heterocycles. The van der Waals surface area contributed by atoms with Crippen molar-refractivity contribution in [2.75, 3.05) is 13.6 Å². The van der Waals surface area contributed by atoms with Gasteiger partial charge in [-0.25, -0.2) is 14.6 Å². The third-order valence-electron chi connectivity index (χ3n) is 3.21. The van der Waals surface area contributed by atoms with E-state index in [2.05, 4.69) is 10.3 Å². The molecule has 19 heavy (non-hydrogen) atoms. The van der Waals surface area contributed by atoms with Crippen LogP contribution in [0.5, 0.6) is 0 Å². The molecule has 1 aromatic rings. The molecule has 1 rings (SSSR count). The fraction of sp³-hybridized carbons (Fsp3) is 0.583. The number of imidazole rings is 1. The fourth-order valence-corrected chi connectivity index (χ4v) is 1.43. The number of rotatable bonds is 5. The van der Waals surface area contributed by atoms with Crippen molar-refractivity contribution in [1.82, 2.24) is 19.8 Å². The van der Waals surface area contributed by atoms with Gasteiger partial charge >= 0.3 is 12.0 Å². The van der Waals surface area contributed by atoms with Crippen molar-refractivity contribution in [3.05, 3.63) is 18.2 Å². The van der Waals surface area contributed by atoms with E-state index in [4.69, 9.17) is 5.11 Å². The van der Waals surface area contributed by atoms with E-state index in [1.807, 2.05) is 17.8 Å². The van der Waals surface area contributed by atoms with Gasteiger partial charge in [0.15, 0.2) is 0 Å². The molecule has 0 aromatic carbocycles. The minimum absolute atomic E-state index is 0.406. The van der Waals surface area contributed by atoms with Gasteiger partial charge in [0.1, 0.15) is 11.4 Å². The van der Waals surface area contributed by atoms with Crippen molar-refractivity contribution < 1.29 is 14.7 Å². The zero-order valence-electron chi connectivity index (χ0n) is 11.7. The molecule has 1 aromatic heterocycles. The molecule has 0 aliphatic carbocycles. The first-order chi connectivity index (χ1) is 8.76. The van der Waals surface area contributed by atoms with Crippen molar-refractivity contribution in [1.29, 1.82) is 0 Å². The molecule has 0 spiro atoms. The van der Waals surface area contributed by atoms with Gasteiger partial charge in [-0.1, -0.05) is 0 Å². The van der Waals surface area contributed by atoms with Crippen LogP contribution in [0.25, 0.3) is 0 Å². The number of aromatic nitrogens is 2. The lowest BCUT2D eigenvalue weighted by atomic mass is 10.1. The number of hydrogen-bond acceptors (Lipinski definition) is 3. The lowest BCUT2D eigenvalue weighted by Gasteiger charge is -2.31. The largest absolute Gasteiger partial charge is 0.480 e. The summed E-state index contributed by atoms with van der Waals surface area (Å²) in [5.41, 5.74) is -1.24. The van der Waals surface area contributed by atoms with Crippen LogP contribution >= 0.6 is 0 Å². The molecule has 0 radical (unpaired) electrons. The monoisotopic (exact) mass is 268 g/mol. The highest BCUT2D eigenvalue weighted by atomic mass is 16.4. The molecule has 1 heterocycles. The zero-order valence-corrected chi connectivity index (χ0v) is 11.7. The van der Waals surface area contributed by atoms with Crippen LogP contribution in [-0.2, 0) is 18.3 Å². The molecule has 0 fully saturated rings. The van der Waals surface area contributed by atoms with Gasteiger partial charge in [-0.2, -0.15) is 0 Å². The zero-order chi connectivity index (χ0) is 14.6. The Kier molecular flexibility index (Phi) is 4.52. The van der Waals surface area contributed by atoms with Gasteiger partial charge in [-0.15, -0.1) is 0 Å². The van der Waals surface area contributed by atoms with Gasteiger partial charge in [0.2, 0.25) is 0 Å². The third-order valence-corrected chi connectivity index (χ3v) is 3.21. The molecule has 2 amide bonds. The van der Waals surface area contributed by atoms with E-state index in [0.29, 0.717) is 13.0 Å². The second-order valence-corrected chi connectivity index (χ2v) is 4.86. The number of carboxylic acid groups (broad SMARTS) is 1. The van der Waals surface area contributed by atoms with E-state index in [1.165, 1.54) is 25.8 Å². The maximum absolute atomic E-state index is 11.8. The minimum atomic E-state index is -1.24. The Labute approximate surface area is 112 Å². The predicted octanol–water partition coefficient (Wildman–Crippen LogP) is 0.467. The van der Waals surface area contributed by atoms with E-state index >= 15 is 0 Å². The number of likely N-dealkylation sites (N-methyl/N-ethyl adjacent to an activating group) is 1. The molecule has 7 heteroatoms. The Balaban J connectivity index is 2.48. The van der Waals surface area contributed by atoms with Gasteiger partial charge in [-0.05, 0) is 13.8 Å². The summed E-state index contributed by atoms with van der Waals surface area (Å²) in [6, 6.07) is -0.415. The lowest BCUT2D eigenvalue weighted by molar-refractivity contribution is -0.146. The molecular weight excluding hydrogens is 248 g/mol. The Morgan fingerprint density at radius 1 is 1.53 bits per heavy atom. The van der Waals surface area contributed by atoms with E-state index in [0.717, 1.165) is 5.82 Å². The topological polar surface area (TPSA) is 87.5 Å². The summed E-state index contributed by atoms with van der Waals surface area (Å²) in [4.78, 5) is 28.2. The van der Waals surface area contributed by atoms with Crippen LogP contribution in [-0.4, -0.2) is 50.7 Å². The summed E-state index contributed by atoms with van der Waals surface area (Å²) in [7, 11) is 3.34. The molecule has 0 saturated heterocycles. The third kappa shape index (κ3) is 3.46. The molecule has 0 aliphatic rings. The van der Waals surface area contributed by atoms with Crippen LogP contribution < -0.4 is 5.32 Å². The summed E-state index contributed by atoms with van der Waals surface area (Å²) in [5.74, 6) is -0.185. The SMILES string of the molecule is CN(C(=O)NCCc1nccn1C)C(C)(C)C(=O)O. The van der Waals surface area contributed by atoms with E-state index in [-0.39, 0.29) is 0 Å². The van der Waals surface area contributed by atoms with Crippen molar-refractivity contribution in [3.8, 4) is 0 Å². The Morgan fingerprint density at radius 3 is 2.63 bits per heavy atom. The Hall–Kier alpha value is -2.05. The highest BCUT2D eigenvalue weighted by Gasteiger charge is 2.35. The highest BCUT2D eigenvalue weighted by molar-refractivity contribution is 5.85. The summed E-state index contributed by atoms with van der Waals surface area (Å²) < 4.78 is 1.87. The van der Waals surface area contributed by atoms with Gasteiger partial charge in [0.05, 0.1) is 0 Å². The number of aliphatic carboxylic acids is 1. The van der Waals surface area contributed by atoms with Gasteiger partial charge in [-0.3, -0.25) is 0 Å². The highest BCUT2D eigenvalue weighted by Crippen LogP contribution is 2.12. The first-order valence-corrected chi connectivity index (χ1v) is 5.98. The second-order valence-electron chi connectivity index (χ2n) is 4.86. The molecule has 106 valence electrons. The van der Waals surface area contributed by atoms with Crippen LogP contribution in [0.2, 0.25) is 0 Å². The maximum atomic E-state index is 11.8. The minimum Gasteiger partial charge on any atom is -0.480 e. The summed E-state index contributed by atoms with van der Waals surface area (Å²) in [6.45, 7) is 3.37. The molecule has 0 saturated carbocycles. The van der Waals surface area contributed by atoms with E-state index in [9.17, 15) is 9.59 Å². The molecule has 0 unspecified atom stereocenters. The van der Waals surface area contributed by atoms with Crippen LogP contribution in [0.4, 0.5) is 4.79 Å². The number of urea groups is 1. The number of carboxylic acids is 1. The van der Waals surface area contributed by atoms with Gasteiger partial charge in [0, 0.05) is 39.5 Å². The normalized spacial score (nSPS) is 11.2. The van der Waals surface area contributed by atoms with E-state index in [1.54, 1.807) is 6.20 Å². The summed E-state index contributed by atoms with van der Waals surface area (Å²) >= 11 is 0. The summed E-state index contributed by atoms with van der Waals surface area (Å²) in [5, 5.41) is 11.7. The van der Waals surface area contributed by atoms with Crippen molar-refractivity contribution in [2.45, 2.75) is 25.8 Å². The average molecular weight is 268 g/mol. The van der Waals surface area contributed by atoms with E-state index < -0.39 is 17.5 Å². The molecular formula is C12H20N4O3. The number of nitrogens with zero attached hydrogens (tertiary/aromatic N) is 3. The number of aryl methyl sites for hydroxylation is 1. The fourth-order valence-electron chi connectivity index (χ4n) is 1.43. The van der Waals surface area contributed by atoms with Crippen molar-refractivity contribution in [3.63, 3.8) is 0 Å². The first kappa shape index (κ1) is 15.0. The number of hydrogen-bond donors (Lipinski definition) is 2. The van der Waals surface area contributed by atoms with Crippen LogP contribution in [0.3, 0.4) is 0 Å². The van der Waals surface area contributed by atoms with Gasteiger partial charge < -0.3 is 19.9 Å². The van der Waals surface area contributed by atoms with Crippen LogP contribution in [0.1, 0.15) is 19.7 Å². The number of carbonyl (C=O) groups is 2. The van der Waals surface area contributed by atoms with Gasteiger partial charge in [0.25, 0.3) is 0 Å². The summed E-state index contributed by atoms with van der Waals surface area (Å²) in [6.07, 6.45) is 4.12. The average Bonchev–Trinajstić information content (AvgIpc) is 2.73. The molecule has 2 N–H and O–H groups in total. The molecule has 0 bridgehead atoms. The predicted molar refractivity (Wildman–Crippen MR) is 69.8 cm³/mol. The molecule has 7 nitrogen and oxygen atoms in total. The maximum Gasteiger partial charge on any atom is 0.329 e. The Bertz CT molecular complexity index is 467. The van der Waals surface area contributed by atoms with Crippen LogP contribution in [0, 0.1) is 0 Å². The first-order valence-electron chi connectivity index (χ1n) is 5.98. The van der Waals surface area contributed by atoms with Crippen molar-refractivity contribution in [2.24, 2.45) is 7.05 Å². The smallest absolute Gasteiger partial charge is 0.329 e. The number of carbonyl (C=O) groups excluding carboxylic acids is 1. The standard InChI is InChI=1S/C12H20N4O3/c1-12(2,10(17)18)16(4)11(19)14-6-5-9-13-7-8-15(9)3/h7-8H,5-6H2,1-4H3,(H,14,19)(H,17,18). The number of amides is 2. The lowest BCUT2D eigenvalue weighted by Crippen LogP contribution is -2.54. The quantitative estimate of drug-likeness (QED) is 0.812. The van der Waals surface area contributed by atoms with Crippen LogP contribution in [0.15, 0.2) is 12.4 Å².